The zero-order valence-electron chi connectivity index (χ0n) is 11.4. The van der Waals surface area contributed by atoms with Crippen LogP contribution in [-0.2, 0) is 0 Å². The summed E-state index contributed by atoms with van der Waals surface area (Å²) in [4.78, 5) is 0. The molecule has 1 rings (SSSR count). The second-order valence-electron chi connectivity index (χ2n) is 5.22. The van der Waals surface area contributed by atoms with Crippen LogP contribution in [0.1, 0.15) is 0 Å². The smallest absolute Gasteiger partial charge is 0.331 e. The van der Waals surface area contributed by atoms with Crippen molar-refractivity contribution < 1.29 is 79.7 Å². The van der Waals surface area contributed by atoms with Crippen molar-refractivity contribution >= 4 is 0 Å². The molecule has 0 amide bonds. The van der Waals surface area contributed by atoms with Gasteiger partial charge in [0.2, 0.25) is 0 Å². The van der Waals surface area contributed by atoms with Gasteiger partial charge in [-0.25, -0.2) is 4.39 Å². The van der Waals surface area contributed by atoms with Gasteiger partial charge in [0.25, 0.3) is 0 Å². The summed E-state index contributed by atoms with van der Waals surface area (Å²) in [5.74, 6) is -58.3. The molecule has 0 spiro atoms. The summed E-state index contributed by atoms with van der Waals surface area (Å²) in [5, 5.41) is 7.49. The van der Waals surface area contributed by atoms with Gasteiger partial charge < -0.3 is 5.11 Å². The molecular formula is C9HF17O. The maximum Gasteiger partial charge on any atom is 0.423 e. The van der Waals surface area contributed by atoms with Crippen LogP contribution in [0.15, 0.2) is 0 Å². The number of hydrogen-bond acceptors (Lipinski definition) is 1. The Hall–Kier alpha value is -1.23. The highest BCUT2D eigenvalue weighted by atomic mass is 19.4. The first kappa shape index (κ1) is 23.8. The first-order valence-electron chi connectivity index (χ1n) is 5.69. The molecule has 0 aromatic carbocycles. The minimum absolute atomic E-state index is 7.44. The van der Waals surface area contributed by atoms with E-state index in [1.165, 1.54) is 0 Å². The van der Waals surface area contributed by atoms with Crippen LogP contribution in [0.3, 0.4) is 0 Å². The highest BCUT2D eigenvalue weighted by Gasteiger charge is 3.07. The van der Waals surface area contributed by atoms with Crippen molar-refractivity contribution in [1.29, 1.82) is 0 Å². The standard InChI is InChI=1S/C9HF17O/c10-1(4(15,16)8(23,24)9(25,26)27)2(11,12)5(17,18)7(21,22)6(19,20)3(1,13)14/h27H. The molecule has 1 N–H and O–H groups in total. The Bertz CT molecular complexity index is 582. The van der Waals surface area contributed by atoms with Crippen LogP contribution < -0.4 is 0 Å². The van der Waals surface area contributed by atoms with Gasteiger partial charge in [-0.15, -0.1) is 0 Å². The molecule has 0 aliphatic heterocycles. The highest BCUT2D eigenvalue weighted by molar-refractivity contribution is 5.31. The van der Waals surface area contributed by atoms with Crippen molar-refractivity contribution in [3.05, 3.63) is 0 Å². The van der Waals surface area contributed by atoms with E-state index in [0.717, 1.165) is 0 Å². The maximum atomic E-state index is 13.8. The van der Waals surface area contributed by atoms with Gasteiger partial charge in [0.05, 0.1) is 0 Å². The summed E-state index contributed by atoms with van der Waals surface area (Å²) in [5.41, 5.74) is -8.74. The molecule has 0 radical (unpaired) electrons. The Labute approximate surface area is 134 Å². The van der Waals surface area contributed by atoms with Gasteiger partial charge in [-0.3, -0.25) is 0 Å². The molecule has 0 saturated heterocycles. The molecule has 1 fully saturated rings. The molecular weight excluding hydrogens is 447 g/mol. The summed E-state index contributed by atoms with van der Waals surface area (Å²) in [6, 6.07) is 0. The average Bonchev–Trinajstić information content (AvgIpc) is 2.42. The zero-order valence-corrected chi connectivity index (χ0v) is 11.4. The normalized spacial score (nSPS) is 28.7. The predicted octanol–water partition coefficient (Wildman–Crippen LogP) is 4.74. The van der Waals surface area contributed by atoms with E-state index in [1.807, 2.05) is 0 Å². The lowest BCUT2D eigenvalue weighted by molar-refractivity contribution is -0.526. The summed E-state index contributed by atoms with van der Waals surface area (Å²) < 4.78 is 220. The Morgan fingerprint density at radius 1 is 0.444 bits per heavy atom. The summed E-state index contributed by atoms with van der Waals surface area (Å²) in [6.45, 7) is 0. The number of rotatable bonds is 3. The Kier molecular flexibility index (Phi) is 4.43. The first-order valence-corrected chi connectivity index (χ1v) is 5.69. The Balaban J connectivity index is 4.10. The summed E-state index contributed by atoms with van der Waals surface area (Å²) >= 11 is 0. The van der Waals surface area contributed by atoms with Crippen LogP contribution in [-0.4, -0.2) is 58.3 Å². The van der Waals surface area contributed by atoms with E-state index >= 15 is 0 Å². The van der Waals surface area contributed by atoms with E-state index in [2.05, 4.69) is 0 Å². The fourth-order valence-corrected chi connectivity index (χ4v) is 2.02. The van der Waals surface area contributed by atoms with Crippen LogP contribution in [0.25, 0.3) is 0 Å². The largest absolute Gasteiger partial charge is 0.423 e. The molecule has 0 bridgehead atoms. The van der Waals surface area contributed by atoms with Crippen LogP contribution >= 0.6 is 0 Å². The third kappa shape index (κ3) is 2.02. The van der Waals surface area contributed by atoms with Crippen molar-refractivity contribution in [3.63, 3.8) is 0 Å². The third-order valence-corrected chi connectivity index (χ3v) is 3.65. The van der Waals surface area contributed by atoms with E-state index in [9.17, 15) is 74.6 Å². The van der Waals surface area contributed by atoms with Crippen molar-refractivity contribution in [3.8, 4) is 0 Å². The van der Waals surface area contributed by atoms with Crippen LogP contribution in [0, 0.1) is 0 Å². The molecule has 27 heavy (non-hydrogen) atoms. The van der Waals surface area contributed by atoms with E-state index < -0.39 is 53.2 Å². The van der Waals surface area contributed by atoms with Crippen molar-refractivity contribution in [2.45, 2.75) is 53.2 Å². The molecule has 0 atom stereocenters. The number of halogens is 17. The summed E-state index contributed by atoms with van der Waals surface area (Å²) in [6.07, 6.45) is -7.44. The molecule has 1 aliphatic rings. The lowest BCUT2D eigenvalue weighted by Crippen LogP contribution is -2.89. The third-order valence-electron chi connectivity index (χ3n) is 3.65. The second kappa shape index (κ2) is 5.03. The first-order chi connectivity index (χ1) is 11.2. The van der Waals surface area contributed by atoms with Gasteiger partial charge in [-0.1, -0.05) is 0 Å². The molecule has 1 nitrogen and oxygen atoms in total. The molecule has 0 unspecified atom stereocenters. The van der Waals surface area contributed by atoms with Crippen LogP contribution in [0.2, 0.25) is 0 Å². The second-order valence-corrected chi connectivity index (χ2v) is 5.22. The zero-order chi connectivity index (χ0) is 22.5. The van der Waals surface area contributed by atoms with Crippen LogP contribution in [0.5, 0.6) is 0 Å². The molecule has 162 valence electrons. The quantitative estimate of drug-likeness (QED) is 0.619. The molecule has 18 heteroatoms. The minimum Gasteiger partial charge on any atom is -0.331 e. The van der Waals surface area contributed by atoms with Gasteiger partial charge >= 0.3 is 53.2 Å². The Morgan fingerprint density at radius 2 is 0.667 bits per heavy atom. The van der Waals surface area contributed by atoms with Crippen LogP contribution in [0.4, 0.5) is 74.6 Å². The molecule has 0 aromatic rings. The summed E-state index contributed by atoms with van der Waals surface area (Å²) in [7, 11) is 0. The molecule has 1 saturated carbocycles. The Morgan fingerprint density at radius 3 is 0.889 bits per heavy atom. The van der Waals surface area contributed by atoms with Gasteiger partial charge in [-0.05, 0) is 0 Å². The van der Waals surface area contributed by atoms with E-state index in [0.29, 0.717) is 0 Å². The molecule has 0 aromatic heterocycles. The number of hydrogen-bond donors (Lipinski definition) is 1. The lowest BCUT2D eigenvalue weighted by atomic mass is 9.67. The SMILES string of the molecule is OC(F)(F)C(F)(F)C(F)(F)C1(F)C(F)(F)C(F)(F)C(F)(F)C(F)(F)C1(F)F. The average molecular weight is 448 g/mol. The minimum atomic E-state index is -8.74. The fraction of sp³-hybridized carbons (Fsp3) is 1.00. The van der Waals surface area contributed by atoms with Gasteiger partial charge in [-0.2, -0.15) is 70.2 Å². The van der Waals surface area contributed by atoms with Crippen molar-refractivity contribution in [2.75, 3.05) is 0 Å². The van der Waals surface area contributed by atoms with Crippen molar-refractivity contribution in [1.82, 2.24) is 0 Å². The number of alkyl halides is 17. The van der Waals surface area contributed by atoms with E-state index in [-0.39, 0.29) is 0 Å². The molecule has 0 heterocycles. The monoisotopic (exact) mass is 448 g/mol. The van der Waals surface area contributed by atoms with Crippen molar-refractivity contribution in [2.24, 2.45) is 0 Å². The fourth-order valence-electron chi connectivity index (χ4n) is 2.02. The van der Waals surface area contributed by atoms with Gasteiger partial charge in [0.1, 0.15) is 0 Å². The highest BCUT2D eigenvalue weighted by Crippen LogP contribution is 2.74. The number of aliphatic hydroxyl groups is 1. The maximum absolute atomic E-state index is 13.8. The van der Waals surface area contributed by atoms with E-state index in [1.54, 1.807) is 0 Å². The van der Waals surface area contributed by atoms with Gasteiger partial charge in [0, 0.05) is 0 Å². The predicted molar refractivity (Wildman–Crippen MR) is 45.6 cm³/mol. The lowest BCUT2D eigenvalue weighted by Gasteiger charge is -2.55. The molecule has 1 aliphatic carbocycles. The van der Waals surface area contributed by atoms with E-state index in [4.69, 9.17) is 5.11 Å². The van der Waals surface area contributed by atoms with Gasteiger partial charge in [0.15, 0.2) is 0 Å². The topological polar surface area (TPSA) is 20.2 Å².